The zero-order valence-corrected chi connectivity index (χ0v) is 11.8. The van der Waals surface area contributed by atoms with E-state index in [-0.39, 0.29) is 0 Å². The van der Waals surface area contributed by atoms with Gasteiger partial charge in [0.1, 0.15) is 25.0 Å². The Hall–Kier alpha value is -1.65. The highest BCUT2D eigenvalue weighted by molar-refractivity contribution is 6.05. The maximum Gasteiger partial charge on any atom is 0.190 e. The van der Waals surface area contributed by atoms with Gasteiger partial charge in [-0.3, -0.25) is 0 Å². The Kier molecular flexibility index (Phi) is 2.69. The largest absolute Gasteiger partial charge is 0.479 e. The number of nitrogens with zero attached hydrogens (tertiary/aromatic N) is 2. The second kappa shape index (κ2) is 4.43. The lowest BCUT2D eigenvalue weighted by molar-refractivity contribution is 0.171. The van der Waals surface area contributed by atoms with Crippen LogP contribution in [-0.4, -0.2) is 39.0 Å². The minimum atomic E-state index is 0.657. The molecule has 0 atom stereocenters. The maximum absolute atomic E-state index is 5.83. The number of benzene rings is 2. The van der Waals surface area contributed by atoms with Gasteiger partial charge < -0.3 is 19.1 Å². The lowest BCUT2D eigenvalue weighted by Gasteiger charge is -2.31. The molecule has 2 aromatic carbocycles. The number of rotatable bonds is 0. The molecule has 20 heavy (non-hydrogen) atoms. The van der Waals surface area contributed by atoms with Crippen LogP contribution in [0.5, 0.6) is 11.5 Å². The van der Waals surface area contributed by atoms with Gasteiger partial charge in [-0.2, -0.15) is 0 Å². The molecule has 2 aromatic rings. The van der Waals surface area contributed by atoms with Gasteiger partial charge in [-0.25, -0.2) is 0 Å². The Morgan fingerprint density at radius 2 is 1.30 bits per heavy atom. The molecule has 0 saturated heterocycles. The van der Waals surface area contributed by atoms with Gasteiger partial charge >= 0.3 is 0 Å². The molecule has 0 N–H and O–H groups in total. The summed E-state index contributed by atoms with van der Waals surface area (Å²) in [5, 5.41) is 2.57. The van der Waals surface area contributed by atoms with Crippen LogP contribution in [-0.2, 0) is 13.1 Å². The lowest BCUT2D eigenvalue weighted by atomic mass is 9.95. The van der Waals surface area contributed by atoms with Crippen molar-refractivity contribution in [3.63, 3.8) is 0 Å². The molecule has 4 rings (SSSR count). The van der Waals surface area contributed by atoms with Gasteiger partial charge in [0.2, 0.25) is 0 Å². The van der Waals surface area contributed by atoms with Gasteiger partial charge in [-0.1, -0.05) is 12.1 Å². The third-order valence-electron chi connectivity index (χ3n) is 4.05. The summed E-state index contributed by atoms with van der Waals surface area (Å²) in [5.41, 5.74) is 2.57. The molecule has 2 aliphatic heterocycles. The second-order valence-corrected chi connectivity index (χ2v) is 5.76. The average Bonchev–Trinajstić information content (AvgIpc) is 2.46. The average molecular weight is 266 g/mol. The minimum Gasteiger partial charge on any atom is -0.479 e. The molecule has 0 unspecified atom stereocenters. The summed E-state index contributed by atoms with van der Waals surface area (Å²) in [5.74, 6) is 2.02. The van der Waals surface area contributed by atoms with E-state index in [1.54, 1.807) is 0 Å². The Morgan fingerprint density at radius 1 is 0.800 bits per heavy atom. The van der Waals surface area contributed by atoms with Crippen molar-refractivity contribution < 1.29 is 9.47 Å². The van der Waals surface area contributed by atoms with Crippen LogP contribution in [0.4, 0.5) is 0 Å². The van der Waals surface area contributed by atoms with Crippen LogP contribution in [0.15, 0.2) is 24.3 Å². The summed E-state index contributed by atoms with van der Waals surface area (Å²) in [4.78, 5) is 4.38. The molecule has 0 spiro atoms. The second-order valence-electron chi connectivity index (χ2n) is 5.76. The molecule has 2 aliphatic rings. The van der Waals surface area contributed by atoms with E-state index in [2.05, 4.69) is 49.8 Å². The summed E-state index contributed by atoms with van der Waals surface area (Å²) >= 11 is 0. The quantitative estimate of drug-likeness (QED) is 0.638. The summed E-state index contributed by atoms with van der Waals surface area (Å²) in [7, 11) is 4.17. The predicted molar refractivity (Wildman–Crippen MR) is 83.1 cm³/mol. The Bertz CT molecular complexity index is 638. The molecular formula is C14H16B2N2O2. The third kappa shape index (κ3) is 1.79. The standard InChI is InChI=1S/C14H16B2N2O2/c15-17-5-10-12(19-7-17)3-1-9-2-4-13-11(14(9)10)6-18(16)8-20-13/h1-4H,5-8,15-16H2. The van der Waals surface area contributed by atoms with Gasteiger partial charge in [0.05, 0.1) is 0 Å². The van der Waals surface area contributed by atoms with Crippen molar-refractivity contribution >= 4 is 26.7 Å². The Morgan fingerprint density at radius 3 is 1.80 bits per heavy atom. The molecule has 0 amide bonds. The van der Waals surface area contributed by atoms with Crippen LogP contribution in [0.3, 0.4) is 0 Å². The first-order chi connectivity index (χ1) is 9.72. The fourth-order valence-electron chi connectivity index (χ4n) is 3.11. The zero-order valence-electron chi connectivity index (χ0n) is 11.8. The van der Waals surface area contributed by atoms with Crippen molar-refractivity contribution in [3.05, 3.63) is 35.4 Å². The Balaban J connectivity index is 2.00. The van der Waals surface area contributed by atoms with Crippen LogP contribution in [0.1, 0.15) is 11.1 Å². The highest BCUT2D eigenvalue weighted by atomic mass is 16.5. The monoisotopic (exact) mass is 266 g/mol. The molecule has 4 nitrogen and oxygen atoms in total. The Labute approximate surface area is 120 Å². The molecule has 0 radical (unpaired) electrons. The van der Waals surface area contributed by atoms with E-state index in [0.29, 0.717) is 13.5 Å². The molecule has 0 bridgehead atoms. The molecule has 2 heterocycles. The third-order valence-corrected chi connectivity index (χ3v) is 4.05. The molecular weight excluding hydrogens is 250 g/mol. The maximum atomic E-state index is 5.83. The van der Waals surface area contributed by atoms with Crippen LogP contribution >= 0.6 is 0 Å². The van der Waals surface area contributed by atoms with Crippen molar-refractivity contribution in [1.29, 1.82) is 0 Å². The van der Waals surface area contributed by atoms with Gasteiger partial charge in [0.15, 0.2) is 16.0 Å². The van der Waals surface area contributed by atoms with Crippen LogP contribution in [0.2, 0.25) is 0 Å². The SMILES string of the molecule is BN1COc2ccc3ccc4c(c3c2C1)CN(B)CO4. The van der Waals surface area contributed by atoms with E-state index in [9.17, 15) is 0 Å². The van der Waals surface area contributed by atoms with Crippen molar-refractivity contribution in [3.8, 4) is 11.5 Å². The first-order valence-corrected chi connectivity index (χ1v) is 6.92. The fraction of sp³-hybridized carbons (Fsp3) is 0.286. The van der Waals surface area contributed by atoms with E-state index >= 15 is 0 Å². The molecule has 0 fully saturated rings. The molecule has 0 saturated carbocycles. The first-order valence-electron chi connectivity index (χ1n) is 6.92. The number of hydrogen-bond donors (Lipinski definition) is 0. The van der Waals surface area contributed by atoms with E-state index in [1.165, 1.54) is 21.9 Å². The highest BCUT2D eigenvalue weighted by Gasteiger charge is 2.23. The summed E-state index contributed by atoms with van der Waals surface area (Å²) in [6.07, 6.45) is 0. The molecule has 6 heteroatoms. The van der Waals surface area contributed by atoms with E-state index < -0.39 is 0 Å². The van der Waals surface area contributed by atoms with Gasteiger partial charge in [0.25, 0.3) is 0 Å². The fourth-order valence-corrected chi connectivity index (χ4v) is 3.11. The van der Waals surface area contributed by atoms with Crippen molar-refractivity contribution in [2.75, 3.05) is 13.5 Å². The topological polar surface area (TPSA) is 24.9 Å². The summed E-state index contributed by atoms with van der Waals surface area (Å²) < 4.78 is 11.7. The normalized spacial score (nSPS) is 19.0. The van der Waals surface area contributed by atoms with Crippen molar-refractivity contribution in [2.45, 2.75) is 13.1 Å². The lowest BCUT2D eigenvalue weighted by Crippen LogP contribution is -2.31. The molecule has 0 aliphatic carbocycles. The van der Waals surface area contributed by atoms with Gasteiger partial charge in [-0.05, 0) is 22.9 Å². The van der Waals surface area contributed by atoms with E-state index in [1.807, 2.05) is 0 Å². The molecule has 100 valence electrons. The van der Waals surface area contributed by atoms with E-state index in [4.69, 9.17) is 9.47 Å². The van der Waals surface area contributed by atoms with Crippen LogP contribution in [0.25, 0.3) is 10.8 Å². The summed E-state index contributed by atoms with van der Waals surface area (Å²) in [6, 6.07) is 8.47. The highest BCUT2D eigenvalue weighted by Crippen LogP contribution is 2.38. The smallest absolute Gasteiger partial charge is 0.190 e. The number of fused-ring (bicyclic) bond motifs is 5. The van der Waals surface area contributed by atoms with Crippen LogP contribution in [0, 0.1) is 0 Å². The summed E-state index contributed by atoms with van der Waals surface area (Å²) in [6.45, 7) is 3.16. The minimum absolute atomic E-state index is 0.657. The molecule has 0 aromatic heterocycles. The first kappa shape index (κ1) is 12.1. The number of ether oxygens (including phenoxy) is 2. The predicted octanol–water partition coefficient (Wildman–Crippen LogP) is 0.240. The van der Waals surface area contributed by atoms with E-state index in [0.717, 1.165) is 24.6 Å². The van der Waals surface area contributed by atoms with Crippen LogP contribution < -0.4 is 9.47 Å². The van der Waals surface area contributed by atoms with Crippen molar-refractivity contribution in [1.82, 2.24) is 9.62 Å². The van der Waals surface area contributed by atoms with Gasteiger partial charge in [0, 0.05) is 24.2 Å². The zero-order chi connectivity index (χ0) is 13.7. The van der Waals surface area contributed by atoms with Gasteiger partial charge in [-0.15, -0.1) is 0 Å². The van der Waals surface area contributed by atoms with Crippen molar-refractivity contribution in [2.24, 2.45) is 0 Å². The number of hydrogen-bond acceptors (Lipinski definition) is 4.